The molecule has 0 saturated heterocycles. The molecule has 1 aliphatic carbocycles. The fraction of sp³-hybridized carbons (Fsp3) is 0.423. The van der Waals surface area contributed by atoms with Crippen LogP contribution >= 0.6 is 11.6 Å². The number of hydrogen-bond acceptors (Lipinski definition) is 8. The van der Waals surface area contributed by atoms with E-state index in [1.807, 2.05) is 0 Å². The van der Waals surface area contributed by atoms with Crippen LogP contribution in [-0.2, 0) is 27.4 Å². The van der Waals surface area contributed by atoms with Crippen molar-refractivity contribution in [2.75, 3.05) is 6.61 Å². The summed E-state index contributed by atoms with van der Waals surface area (Å²) in [5.74, 6) is -0.990. The van der Waals surface area contributed by atoms with Crippen molar-refractivity contribution in [1.82, 2.24) is 35.8 Å². The van der Waals surface area contributed by atoms with Gasteiger partial charge in [0.05, 0.1) is 11.6 Å². The highest BCUT2D eigenvalue weighted by Crippen LogP contribution is 2.26. The Morgan fingerprint density at radius 1 is 1.15 bits per heavy atom. The number of nitrogens with one attached hydrogen (secondary N) is 2. The van der Waals surface area contributed by atoms with Gasteiger partial charge in [-0.05, 0) is 73.6 Å². The number of pyridine rings is 1. The third-order valence-corrected chi connectivity index (χ3v) is 6.66. The number of rotatable bonds is 9. The number of carbonyl (C=O) groups is 3. The number of tetrazole rings is 1. The van der Waals surface area contributed by atoms with Crippen molar-refractivity contribution in [3.8, 4) is 11.4 Å². The first kappa shape index (κ1) is 28.1. The van der Waals surface area contributed by atoms with Crippen LogP contribution in [0.15, 0.2) is 30.3 Å². The molecule has 3 aromatic rings. The van der Waals surface area contributed by atoms with E-state index in [-0.39, 0.29) is 35.8 Å². The number of hydrogen-bond donors (Lipinski definition) is 2. The summed E-state index contributed by atoms with van der Waals surface area (Å²) in [7, 11) is 0. The molecular formula is C26H29ClFN7O4. The second-order valence-corrected chi connectivity index (χ2v) is 9.95. The highest BCUT2D eigenvalue weighted by atomic mass is 35.5. The maximum Gasteiger partial charge on any atom is 0.303 e. The molecule has 206 valence electrons. The molecule has 0 unspecified atom stereocenters. The van der Waals surface area contributed by atoms with Gasteiger partial charge >= 0.3 is 5.97 Å². The van der Waals surface area contributed by atoms with E-state index in [0.717, 1.165) is 25.7 Å². The van der Waals surface area contributed by atoms with Crippen LogP contribution < -0.4 is 10.6 Å². The lowest BCUT2D eigenvalue weighted by molar-refractivity contribution is -0.146. The number of aromatic nitrogens is 5. The van der Waals surface area contributed by atoms with Gasteiger partial charge in [0.2, 0.25) is 5.82 Å². The summed E-state index contributed by atoms with van der Waals surface area (Å²) >= 11 is 5.81. The molecule has 11 nitrogen and oxygen atoms in total. The van der Waals surface area contributed by atoms with Gasteiger partial charge in [0, 0.05) is 30.8 Å². The molecular weight excluding hydrogens is 529 g/mol. The van der Waals surface area contributed by atoms with Gasteiger partial charge < -0.3 is 15.4 Å². The van der Waals surface area contributed by atoms with E-state index in [9.17, 15) is 18.8 Å². The minimum atomic E-state index is -0.522. The van der Waals surface area contributed by atoms with Gasteiger partial charge in [-0.3, -0.25) is 14.4 Å². The highest BCUT2D eigenvalue weighted by molar-refractivity contribution is 6.30. The maximum atomic E-state index is 13.4. The van der Waals surface area contributed by atoms with Crippen molar-refractivity contribution in [2.45, 2.75) is 58.7 Å². The van der Waals surface area contributed by atoms with Crippen molar-refractivity contribution < 1.29 is 23.5 Å². The number of ether oxygens (including phenoxy) is 1. The third-order valence-electron chi connectivity index (χ3n) is 6.37. The van der Waals surface area contributed by atoms with Crippen LogP contribution in [0.3, 0.4) is 0 Å². The zero-order chi connectivity index (χ0) is 27.9. The molecule has 0 bridgehead atoms. The van der Waals surface area contributed by atoms with E-state index in [0.29, 0.717) is 35.1 Å². The molecule has 2 heterocycles. The number of esters is 1. The second-order valence-electron chi connectivity index (χ2n) is 9.55. The van der Waals surface area contributed by atoms with E-state index < -0.39 is 17.7 Å². The number of halogens is 2. The molecule has 2 amide bonds. The second kappa shape index (κ2) is 12.7. The fourth-order valence-corrected chi connectivity index (χ4v) is 4.63. The van der Waals surface area contributed by atoms with Crippen molar-refractivity contribution in [1.29, 1.82) is 0 Å². The average molecular weight is 558 g/mol. The summed E-state index contributed by atoms with van der Waals surface area (Å²) in [4.78, 5) is 41.3. The van der Waals surface area contributed by atoms with E-state index in [1.165, 1.54) is 19.1 Å². The lowest BCUT2D eigenvalue weighted by Crippen LogP contribution is -2.40. The van der Waals surface area contributed by atoms with Crippen LogP contribution in [0.2, 0.25) is 5.02 Å². The number of nitrogens with zero attached hydrogens (tertiary/aromatic N) is 5. The Balaban J connectivity index is 1.31. The zero-order valence-corrected chi connectivity index (χ0v) is 22.4. The Labute approximate surface area is 229 Å². The zero-order valence-electron chi connectivity index (χ0n) is 21.6. The van der Waals surface area contributed by atoms with Crippen LogP contribution in [-0.4, -0.2) is 55.6 Å². The van der Waals surface area contributed by atoms with Gasteiger partial charge in [-0.25, -0.2) is 9.37 Å². The Morgan fingerprint density at radius 3 is 2.64 bits per heavy atom. The number of aryl methyl sites for hydroxylation is 1. The van der Waals surface area contributed by atoms with Gasteiger partial charge in [0.1, 0.15) is 11.5 Å². The largest absolute Gasteiger partial charge is 0.456 e. The molecule has 13 heteroatoms. The van der Waals surface area contributed by atoms with Crippen molar-refractivity contribution >= 4 is 29.4 Å². The monoisotopic (exact) mass is 557 g/mol. The van der Waals surface area contributed by atoms with Crippen LogP contribution in [0.1, 0.15) is 54.4 Å². The molecule has 1 aromatic carbocycles. The first-order chi connectivity index (χ1) is 18.7. The number of benzene rings is 1. The Bertz CT molecular complexity index is 1360. The SMILES string of the molecule is CC(=O)OCC(=O)NC1CCC(Cn2nnc(-c3cc(C)nc(C(=O)NCc4ccc(F)c(Cl)c4)c3)n2)CC1. The van der Waals surface area contributed by atoms with E-state index in [4.69, 9.17) is 16.3 Å². The highest BCUT2D eigenvalue weighted by Gasteiger charge is 2.24. The van der Waals surface area contributed by atoms with Gasteiger partial charge in [0.25, 0.3) is 11.8 Å². The van der Waals surface area contributed by atoms with Crippen molar-refractivity contribution in [3.05, 3.63) is 58.1 Å². The molecule has 0 radical (unpaired) electrons. The summed E-state index contributed by atoms with van der Waals surface area (Å²) < 4.78 is 18.1. The smallest absolute Gasteiger partial charge is 0.303 e. The quantitative estimate of drug-likeness (QED) is 0.382. The predicted octanol–water partition coefficient (Wildman–Crippen LogP) is 3.00. The van der Waals surface area contributed by atoms with Crippen molar-refractivity contribution in [2.24, 2.45) is 5.92 Å². The van der Waals surface area contributed by atoms with Gasteiger partial charge in [0.15, 0.2) is 6.61 Å². The molecule has 1 aliphatic rings. The summed E-state index contributed by atoms with van der Waals surface area (Å²) in [6.45, 7) is 3.52. The first-order valence-electron chi connectivity index (χ1n) is 12.6. The third kappa shape index (κ3) is 8.03. The van der Waals surface area contributed by atoms with Crippen LogP contribution in [0, 0.1) is 18.7 Å². The van der Waals surface area contributed by atoms with Crippen LogP contribution in [0.4, 0.5) is 4.39 Å². The van der Waals surface area contributed by atoms with Crippen LogP contribution in [0.5, 0.6) is 0 Å². The minimum absolute atomic E-state index is 0.0112. The molecule has 1 saturated carbocycles. The summed E-state index contributed by atoms with van der Waals surface area (Å²) in [5.41, 5.74) is 2.09. The Kier molecular flexibility index (Phi) is 9.18. The molecule has 0 aliphatic heterocycles. The predicted molar refractivity (Wildman–Crippen MR) is 139 cm³/mol. The van der Waals surface area contributed by atoms with E-state index >= 15 is 0 Å². The molecule has 39 heavy (non-hydrogen) atoms. The lowest BCUT2D eigenvalue weighted by atomic mass is 9.86. The Hall–Kier alpha value is -3.93. The van der Waals surface area contributed by atoms with Crippen molar-refractivity contribution in [3.63, 3.8) is 0 Å². The number of carbonyl (C=O) groups excluding carboxylic acids is 3. The molecule has 4 rings (SSSR count). The topological polar surface area (TPSA) is 141 Å². The molecule has 0 atom stereocenters. The molecule has 2 aromatic heterocycles. The van der Waals surface area contributed by atoms with Gasteiger partial charge in [-0.1, -0.05) is 17.7 Å². The number of amides is 2. The molecule has 0 spiro atoms. The summed E-state index contributed by atoms with van der Waals surface area (Å²) in [6, 6.07) is 7.69. The summed E-state index contributed by atoms with van der Waals surface area (Å²) in [6.07, 6.45) is 3.38. The minimum Gasteiger partial charge on any atom is -0.456 e. The standard InChI is InChI=1S/C26H29ClFN7O4/c1-15-9-19(11-23(30-15)26(38)29-12-18-5-8-22(28)21(27)10-18)25-32-34-35(33-25)13-17-3-6-20(7-4-17)31-24(37)14-39-16(2)36/h5,8-11,17,20H,3-4,6-7,12-14H2,1-2H3,(H,29,38)(H,31,37). The fourth-order valence-electron chi connectivity index (χ4n) is 4.43. The maximum absolute atomic E-state index is 13.4. The Morgan fingerprint density at radius 2 is 1.92 bits per heavy atom. The molecule has 1 fully saturated rings. The van der Waals surface area contributed by atoms with E-state index in [2.05, 4.69) is 31.0 Å². The first-order valence-corrected chi connectivity index (χ1v) is 13.0. The molecule has 2 N–H and O–H groups in total. The lowest BCUT2D eigenvalue weighted by Gasteiger charge is -2.28. The van der Waals surface area contributed by atoms with Gasteiger partial charge in [-0.2, -0.15) is 4.80 Å². The normalized spacial score (nSPS) is 16.9. The van der Waals surface area contributed by atoms with Gasteiger partial charge in [-0.15, -0.1) is 10.2 Å². The van der Waals surface area contributed by atoms with Crippen LogP contribution in [0.25, 0.3) is 11.4 Å². The summed E-state index contributed by atoms with van der Waals surface area (Å²) in [5, 5.41) is 18.5. The average Bonchev–Trinajstić information content (AvgIpc) is 3.37. The van der Waals surface area contributed by atoms with E-state index in [1.54, 1.807) is 29.9 Å².